The van der Waals surface area contributed by atoms with Crippen LogP contribution in [0.3, 0.4) is 0 Å². The highest BCUT2D eigenvalue weighted by molar-refractivity contribution is 5.36. The lowest BCUT2D eigenvalue weighted by Gasteiger charge is -2.35. The highest BCUT2D eigenvalue weighted by atomic mass is 19.1. The van der Waals surface area contributed by atoms with E-state index in [-0.39, 0.29) is 11.9 Å². The van der Waals surface area contributed by atoms with Crippen LogP contribution < -0.4 is 10.1 Å². The fraction of sp³-hybridized carbons (Fsp3) is 0.429. The van der Waals surface area contributed by atoms with Gasteiger partial charge in [0.05, 0.1) is 20.3 Å². The molecule has 140 valence electrons. The third-order valence-corrected chi connectivity index (χ3v) is 4.81. The Morgan fingerprint density at radius 1 is 1.19 bits per heavy atom. The van der Waals surface area contributed by atoms with Crippen molar-refractivity contribution in [3.63, 3.8) is 0 Å². The maximum Gasteiger partial charge on any atom is 0.123 e. The lowest BCUT2D eigenvalue weighted by atomic mass is 10.0. The Morgan fingerprint density at radius 2 is 2.00 bits per heavy atom. The molecule has 0 aliphatic carbocycles. The average molecular weight is 358 g/mol. The summed E-state index contributed by atoms with van der Waals surface area (Å²) in [5.41, 5.74) is 3.33. The number of rotatable bonds is 7. The summed E-state index contributed by atoms with van der Waals surface area (Å²) < 4.78 is 24.7. The maximum absolute atomic E-state index is 13.7. The molecule has 0 saturated carbocycles. The van der Waals surface area contributed by atoms with Gasteiger partial charge in [-0.1, -0.05) is 29.8 Å². The number of nitrogens with zero attached hydrogens (tertiary/aromatic N) is 1. The molecule has 3 rings (SSSR count). The molecule has 26 heavy (non-hydrogen) atoms. The van der Waals surface area contributed by atoms with Gasteiger partial charge in [0.2, 0.25) is 0 Å². The van der Waals surface area contributed by atoms with Crippen molar-refractivity contribution >= 4 is 0 Å². The molecule has 5 heteroatoms. The van der Waals surface area contributed by atoms with Crippen LogP contribution in [0.25, 0.3) is 0 Å². The van der Waals surface area contributed by atoms with Crippen LogP contribution in [-0.2, 0) is 11.3 Å². The third kappa shape index (κ3) is 4.81. The summed E-state index contributed by atoms with van der Waals surface area (Å²) in [6.07, 6.45) is 0. The normalized spacial score (nSPS) is 16.4. The van der Waals surface area contributed by atoms with Crippen LogP contribution in [0.1, 0.15) is 22.7 Å². The molecule has 0 bridgehead atoms. The fourth-order valence-corrected chi connectivity index (χ4v) is 3.45. The SMILES string of the molecule is COc1ccc(C)cc1CNCC(c1cccc(F)c1)N1CCOCC1. The van der Waals surface area contributed by atoms with E-state index in [0.717, 1.165) is 49.7 Å². The van der Waals surface area contributed by atoms with Gasteiger partial charge >= 0.3 is 0 Å². The molecule has 0 amide bonds. The first-order chi connectivity index (χ1) is 12.7. The first kappa shape index (κ1) is 18.8. The molecule has 0 radical (unpaired) electrons. The van der Waals surface area contributed by atoms with E-state index in [9.17, 15) is 4.39 Å². The van der Waals surface area contributed by atoms with Crippen LogP contribution in [0.2, 0.25) is 0 Å². The first-order valence-electron chi connectivity index (χ1n) is 9.09. The molecule has 2 aromatic carbocycles. The van der Waals surface area contributed by atoms with Gasteiger partial charge in [-0.15, -0.1) is 0 Å². The first-order valence-corrected chi connectivity index (χ1v) is 9.09. The molecule has 1 aliphatic rings. The Bertz CT molecular complexity index is 717. The minimum atomic E-state index is -0.193. The van der Waals surface area contributed by atoms with Crippen molar-refractivity contribution in [1.29, 1.82) is 0 Å². The van der Waals surface area contributed by atoms with Crippen molar-refractivity contribution in [3.05, 3.63) is 65.0 Å². The Morgan fingerprint density at radius 3 is 2.73 bits per heavy atom. The largest absolute Gasteiger partial charge is 0.496 e. The molecule has 1 saturated heterocycles. The molecule has 1 aliphatic heterocycles. The highest BCUT2D eigenvalue weighted by Crippen LogP contribution is 2.23. The summed E-state index contributed by atoms with van der Waals surface area (Å²) in [5, 5.41) is 3.53. The second-order valence-electron chi connectivity index (χ2n) is 6.67. The topological polar surface area (TPSA) is 33.7 Å². The summed E-state index contributed by atoms with van der Waals surface area (Å²) in [6.45, 7) is 6.68. The number of ether oxygens (including phenoxy) is 2. The number of halogens is 1. The van der Waals surface area contributed by atoms with Crippen LogP contribution in [0.4, 0.5) is 4.39 Å². The van der Waals surface area contributed by atoms with Gasteiger partial charge in [-0.05, 0) is 30.7 Å². The van der Waals surface area contributed by atoms with Crippen molar-refractivity contribution in [2.24, 2.45) is 0 Å². The molecule has 0 spiro atoms. The number of benzene rings is 2. The second kappa shape index (κ2) is 9.12. The quantitative estimate of drug-likeness (QED) is 0.823. The molecule has 1 fully saturated rings. The number of hydrogen-bond acceptors (Lipinski definition) is 4. The van der Waals surface area contributed by atoms with Crippen LogP contribution in [-0.4, -0.2) is 44.9 Å². The predicted octanol–water partition coefficient (Wildman–Crippen LogP) is 3.31. The number of aryl methyl sites for hydroxylation is 1. The molecule has 4 nitrogen and oxygen atoms in total. The summed E-state index contributed by atoms with van der Waals surface area (Å²) >= 11 is 0. The smallest absolute Gasteiger partial charge is 0.123 e. The van der Waals surface area contributed by atoms with Crippen molar-refractivity contribution in [1.82, 2.24) is 10.2 Å². The van der Waals surface area contributed by atoms with E-state index in [4.69, 9.17) is 9.47 Å². The Balaban J connectivity index is 1.71. The van der Waals surface area contributed by atoms with Gasteiger partial charge in [0.15, 0.2) is 0 Å². The lowest BCUT2D eigenvalue weighted by molar-refractivity contribution is 0.0160. The van der Waals surface area contributed by atoms with Crippen LogP contribution in [0.15, 0.2) is 42.5 Å². The number of morpholine rings is 1. The van der Waals surface area contributed by atoms with Crippen molar-refractivity contribution < 1.29 is 13.9 Å². The second-order valence-corrected chi connectivity index (χ2v) is 6.67. The minimum Gasteiger partial charge on any atom is -0.496 e. The van der Waals surface area contributed by atoms with Gasteiger partial charge in [0.1, 0.15) is 11.6 Å². The Labute approximate surface area is 154 Å². The molecule has 1 heterocycles. The summed E-state index contributed by atoms with van der Waals surface area (Å²) in [6, 6.07) is 13.2. The number of nitrogens with one attached hydrogen (secondary N) is 1. The third-order valence-electron chi connectivity index (χ3n) is 4.81. The average Bonchev–Trinajstić information content (AvgIpc) is 2.66. The zero-order chi connectivity index (χ0) is 18.4. The molecule has 0 aromatic heterocycles. The Kier molecular flexibility index (Phi) is 6.61. The van der Waals surface area contributed by atoms with E-state index in [2.05, 4.69) is 23.2 Å². The molecular weight excluding hydrogens is 331 g/mol. The lowest BCUT2D eigenvalue weighted by Crippen LogP contribution is -2.42. The molecule has 1 N–H and O–H groups in total. The van der Waals surface area contributed by atoms with Gasteiger partial charge in [-0.3, -0.25) is 4.90 Å². The van der Waals surface area contributed by atoms with Crippen LogP contribution in [0, 0.1) is 12.7 Å². The van der Waals surface area contributed by atoms with E-state index in [1.54, 1.807) is 19.2 Å². The zero-order valence-electron chi connectivity index (χ0n) is 15.5. The number of hydrogen-bond donors (Lipinski definition) is 1. The maximum atomic E-state index is 13.7. The van der Waals surface area contributed by atoms with Gasteiger partial charge in [-0.25, -0.2) is 4.39 Å². The van der Waals surface area contributed by atoms with Crippen LogP contribution >= 0.6 is 0 Å². The van der Waals surface area contributed by atoms with E-state index >= 15 is 0 Å². The van der Waals surface area contributed by atoms with Crippen LogP contribution in [0.5, 0.6) is 5.75 Å². The number of methoxy groups -OCH3 is 1. The molecule has 1 atom stereocenters. The van der Waals surface area contributed by atoms with E-state index < -0.39 is 0 Å². The van der Waals surface area contributed by atoms with Gasteiger partial charge in [0.25, 0.3) is 0 Å². The van der Waals surface area contributed by atoms with E-state index in [1.165, 1.54) is 11.6 Å². The minimum absolute atomic E-state index is 0.116. The zero-order valence-corrected chi connectivity index (χ0v) is 15.5. The van der Waals surface area contributed by atoms with Gasteiger partial charge < -0.3 is 14.8 Å². The Hall–Kier alpha value is -1.95. The summed E-state index contributed by atoms with van der Waals surface area (Å²) in [4.78, 5) is 2.36. The monoisotopic (exact) mass is 358 g/mol. The van der Waals surface area contributed by atoms with Gasteiger partial charge in [-0.2, -0.15) is 0 Å². The van der Waals surface area contributed by atoms with Crippen molar-refractivity contribution in [3.8, 4) is 5.75 Å². The van der Waals surface area contributed by atoms with E-state index in [0.29, 0.717) is 6.54 Å². The standard InChI is InChI=1S/C21H27FN2O2/c1-16-6-7-21(25-2)18(12-16)14-23-15-20(24-8-10-26-11-9-24)17-4-3-5-19(22)13-17/h3-7,12-13,20,23H,8-11,14-15H2,1-2H3. The summed E-state index contributed by atoms with van der Waals surface area (Å²) in [7, 11) is 1.69. The summed E-state index contributed by atoms with van der Waals surface area (Å²) in [5.74, 6) is 0.692. The van der Waals surface area contributed by atoms with Crippen molar-refractivity contribution in [2.75, 3.05) is 40.0 Å². The fourth-order valence-electron chi connectivity index (χ4n) is 3.45. The molecule has 1 unspecified atom stereocenters. The van der Waals surface area contributed by atoms with Gasteiger partial charge in [0, 0.05) is 37.8 Å². The highest BCUT2D eigenvalue weighted by Gasteiger charge is 2.22. The van der Waals surface area contributed by atoms with Crippen molar-refractivity contribution in [2.45, 2.75) is 19.5 Å². The van der Waals surface area contributed by atoms with E-state index in [1.807, 2.05) is 18.2 Å². The predicted molar refractivity (Wildman–Crippen MR) is 101 cm³/mol. The molecular formula is C21H27FN2O2. The molecule has 2 aromatic rings.